The van der Waals surface area contributed by atoms with Crippen LogP contribution in [0.1, 0.15) is 10.5 Å². The first kappa shape index (κ1) is 13.5. The number of nitrogens with zero attached hydrogens (tertiary/aromatic N) is 3. The molecule has 0 aliphatic carbocycles. The van der Waals surface area contributed by atoms with Crippen molar-refractivity contribution in [3.8, 4) is 0 Å². The molecule has 0 aliphatic rings. The number of anilines is 1. The topological polar surface area (TPSA) is 69.0 Å². The van der Waals surface area contributed by atoms with Crippen LogP contribution >= 0.6 is 11.6 Å². The van der Waals surface area contributed by atoms with E-state index < -0.39 is 0 Å². The van der Waals surface area contributed by atoms with Gasteiger partial charge in [-0.1, -0.05) is 11.6 Å². The van der Waals surface area contributed by atoms with E-state index in [0.29, 0.717) is 24.7 Å². The number of amides is 1. The van der Waals surface area contributed by atoms with Crippen molar-refractivity contribution in [3.05, 3.63) is 41.6 Å². The fourth-order valence-corrected chi connectivity index (χ4v) is 1.73. The molecule has 6 nitrogen and oxygen atoms in total. The average Bonchev–Trinajstić information content (AvgIpc) is 2.84. The second-order valence-corrected chi connectivity index (χ2v) is 4.15. The maximum Gasteiger partial charge on any atom is 0.273 e. The summed E-state index contributed by atoms with van der Waals surface area (Å²) in [5, 5.41) is 2.94. The van der Waals surface area contributed by atoms with Gasteiger partial charge in [-0.15, -0.1) is 0 Å². The highest BCUT2D eigenvalue weighted by Gasteiger charge is 2.11. The quantitative estimate of drug-likeness (QED) is 0.849. The Labute approximate surface area is 115 Å². The van der Waals surface area contributed by atoms with Gasteiger partial charge in [0.15, 0.2) is 0 Å². The van der Waals surface area contributed by atoms with E-state index in [4.69, 9.17) is 16.3 Å². The fourth-order valence-electron chi connectivity index (χ4n) is 1.59. The molecule has 1 N–H and O–H groups in total. The molecule has 2 aromatic rings. The number of rotatable bonds is 5. The standard InChI is InChI=1S/C12H13ClN4O2/c1-19-6-5-17-4-2-3-9(17)12(18)16-11-7-10(13)14-8-15-11/h2-4,7-8H,5-6H2,1H3,(H,14,15,16,18). The van der Waals surface area contributed by atoms with Gasteiger partial charge in [-0.05, 0) is 12.1 Å². The highest BCUT2D eigenvalue weighted by Crippen LogP contribution is 2.11. The lowest BCUT2D eigenvalue weighted by molar-refractivity contribution is 0.101. The Morgan fingerprint density at radius 3 is 3.11 bits per heavy atom. The number of carbonyl (C=O) groups is 1. The van der Waals surface area contributed by atoms with Gasteiger partial charge in [0.2, 0.25) is 0 Å². The van der Waals surface area contributed by atoms with Crippen LogP contribution < -0.4 is 5.32 Å². The molecule has 0 aromatic carbocycles. The predicted molar refractivity (Wildman–Crippen MR) is 71.3 cm³/mol. The molecule has 0 saturated carbocycles. The minimum Gasteiger partial charge on any atom is -0.383 e. The summed E-state index contributed by atoms with van der Waals surface area (Å²) in [7, 11) is 1.62. The van der Waals surface area contributed by atoms with Crippen LogP contribution in [0.25, 0.3) is 0 Å². The number of methoxy groups -OCH3 is 1. The fraction of sp³-hybridized carbons (Fsp3) is 0.250. The Kier molecular flexibility index (Phi) is 4.48. The van der Waals surface area contributed by atoms with Crippen LogP contribution in [-0.4, -0.2) is 34.2 Å². The van der Waals surface area contributed by atoms with Gasteiger partial charge in [0.25, 0.3) is 5.91 Å². The van der Waals surface area contributed by atoms with Gasteiger partial charge in [-0.3, -0.25) is 4.79 Å². The summed E-state index contributed by atoms with van der Waals surface area (Å²) < 4.78 is 6.80. The first-order valence-electron chi connectivity index (χ1n) is 5.63. The highest BCUT2D eigenvalue weighted by molar-refractivity contribution is 6.29. The number of ether oxygens (including phenoxy) is 1. The van der Waals surface area contributed by atoms with Gasteiger partial charge in [0.05, 0.1) is 6.61 Å². The van der Waals surface area contributed by atoms with E-state index in [0.717, 1.165) is 0 Å². The van der Waals surface area contributed by atoms with Gasteiger partial charge in [0, 0.05) is 25.9 Å². The summed E-state index contributed by atoms with van der Waals surface area (Å²) in [6, 6.07) is 5.02. The lowest BCUT2D eigenvalue weighted by Crippen LogP contribution is -2.18. The van der Waals surface area contributed by atoms with Crippen molar-refractivity contribution < 1.29 is 9.53 Å². The third kappa shape index (κ3) is 3.52. The van der Waals surface area contributed by atoms with Gasteiger partial charge < -0.3 is 14.6 Å². The van der Waals surface area contributed by atoms with Crippen LogP contribution in [0, 0.1) is 0 Å². The van der Waals surface area contributed by atoms with Crippen LogP contribution in [0.5, 0.6) is 0 Å². The Morgan fingerprint density at radius 2 is 2.37 bits per heavy atom. The molecule has 7 heteroatoms. The van der Waals surface area contributed by atoms with E-state index in [1.165, 1.54) is 12.4 Å². The maximum absolute atomic E-state index is 12.1. The summed E-state index contributed by atoms with van der Waals surface area (Å²) in [5.41, 5.74) is 0.534. The molecule has 1 amide bonds. The van der Waals surface area contributed by atoms with Crippen molar-refractivity contribution in [1.29, 1.82) is 0 Å². The number of hydrogen-bond acceptors (Lipinski definition) is 4. The van der Waals surface area contributed by atoms with E-state index in [-0.39, 0.29) is 11.1 Å². The van der Waals surface area contributed by atoms with Crippen molar-refractivity contribution in [3.63, 3.8) is 0 Å². The Bertz CT molecular complexity index is 570. The molecule has 2 heterocycles. The molecule has 0 unspecified atom stereocenters. The third-order valence-electron chi connectivity index (χ3n) is 2.47. The molecule has 0 bridgehead atoms. The lowest BCUT2D eigenvalue weighted by Gasteiger charge is -2.08. The summed E-state index contributed by atoms with van der Waals surface area (Å²) in [6.07, 6.45) is 3.11. The average molecular weight is 281 g/mol. The number of aromatic nitrogens is 3. The maximum atomic E-state index is 12.1. The molecule has 0 spiro atoms. The molecule has 2 aromatic heterocycles. The molecule has 19 heavy (non-hydrogen) atoms. The molecule has 2 rings (SSSR count). The van der Waals surface area contributed by atoms with Crippen molar-refractivity contribution >= 4 is 23.3 Å². The third-order valence-corrected chi connectivity index (χ3v) is 2.68. The molecule has 0 atom stereocenters. The normalized spacial score (nSPS) is 10.4. The second kappa shape index (κ2) is 6.31. The van der Waals surface area contributed by atoms with Crippen LogP contribution in [0.4, 0.5) is 5.82 Å². The summed E-state index contributed by atoms with van der Waals surface area (Å²) in [5.74, 6) is 0.111. The number of halogens is 1. The molecule has 0 fully saturated rings. The van der Waals surface area contributed by atoms with Crippen molar-refractivity contribution in [2.24, 2.45) is 0 Å². The lowest BCUT2D eigenvalue weighted by atomic mass is 10.4. The van der Waals surface area contributed by atoms with Crippen LogP contribution in [0.3, 0.4) is 0 Å². The first-order chi connectivity index (χ1) is 9.20. The van der Waals surface area contributed by atoms with E-state index in [1.807, 2.05) is 10.8 Å². The van der Waals surface area contributed by atoms with E-state index in [9.17, 15) is 4.79 Å². The summed E-state index contributed by atoms with van der Waals surface area (Å²) in [4.78, 5) is 19.8. The number of carbonyl (C=O) groups excluding carboxylic acids is 1. The summed E-state index contributed by atoms with van der Waals surface area (Å²) in [6.45, 7) is 1.14. The van der Waals surface area contributed by atoms with E-state index in [1.54, 1.807) is 19.2 Å². The zero-order valence-corrected chi connectivity index (χ0v) is 11.1. The smallest absolute Gasteiger partial charge is 0.273 e. The number of nitrogens with one attached hydrogen (secondary N) is 1. The van der Waals surface area contributed by atoms with Crippen molar-refractivity contribution in [1.82, 2.24) is 14.5 Å². The van der Waals surface area contributed by atoms with E-state index in [2.05, 4.69) is 15.3 Å². The molecule has 0 aliphatic heterocycles. The SMILES string of the molecule is COCCn1cccc1C(=O)Nc1cc(Cl)ncn1. The summed E-state index contributed by atoms with van der Waals surface area (Å²) >= 11 is 5.73. The molecular weight excluding hydrogens is 268 g/mol. The minimum atomic E-state index is -0.254. The largest absolute Gasteiger partial charge is 0.383 e. The van der Waals surface area contributed by atoms with Crippen LogP contribution in [0.15, 0.2) is 30.7 Å². The molecule has 0 radical (unpaired) electrons. The Balaban J connectivity index is 2.09. The van der Waals surface area contributed by atoms with Crippen LogP contribution in [0.2, 0.25) is 5.15 Å². The monoisotopic (exact) mass is 280 g/mol. The molecular formula is C12H13ClN4O2. The van der Waals surface area contributed by atoms with Gasteiger partial charge in [0.1, 0.15) is 23.0 Å². The van der Waals surface area contributed by atoms with Gasteiger partial charge in [-0.2, -0.15) is 0 Å². The zero-order chi connectivity index (χ0) is 13.7. The predicted octanol–water partition coefficient (Wildman–Crippen LogP) is 1.83. The van der Waals surface area contributed by atoms with Gasteiger partial charge in [-0.25, -0.2) is 9.97 Å². The first-order valence-corrected chi connectivity index (χ1v) is 6.01. The van der Waals surface area contributed by atoms with Crippen molar-refractivity contribution in [2.45, 2.75) is 6.54 Å². The Hall–Kier alpha value is -1.92. The molecule has 100 valence electrons. The highest BCUT2D eigenvalue weighted by atomic mass is 35.5. The van der Waals surface area contributed by atoms with E-state index >= 15 is 0 Å². The van der Waals surface area contributed by atoms with Gasteiger partial charge >= 0.3 is 0 Å². The zero-order valence-electron chi connectivity index (χ0n) is 10.3. The van der Waals surface area contributed by atoms with Crippen molar-refractivity contribution in [2.75, 3.05) is 19.0 Å². The minimum absolute atomic E-state index is 0.254. The second-order valence-electron chi connectivity index (χ2n) is 3.76. The number of hydrogen-bond donors (Lipinski definition) is 1. The molecule has 0 saturated heterocycles. The Morgan fingerprint density at radius 1 is 1.53 bits per heavy atom. The van der Waals surface area contributed by atoms with Crippen LogP contribution in [-0.2, 0) is 11.3 Å².